The van der Waals surface area contributed by atoms with Crippen LogP contribution >= 0.6 is 24.0 Å². The molecule has 0 heterocycles. The van der Waals surface area contributed by atoms with Gasteiger partial charge in [0.25, 0.3) is 0 Å². The third-order valence-corrected chi connectivity index (χ3v) is 5.04. The Morgan fingerprint density at radius 2 is 1.71 bits per heavy atom. The molecule has 0 radical (unpaired) electrons. The van der Waals surface area contributed by atoms with Gasteiger partial charge in [0.1, 0.15) is 0 Å². The van der Waals surface area contributed by atoms with Crippen LogP contribution in [0.2, 0.25) is 0 Å². The van der Waals surface area contributed by atoms with E-state index in [1.165, 1.54) is 0 Å². The van der Waals surface area contributed by atoms with E-state index in [0.717, 1.165) is 23.6 Å². The molecule has 3 N–H and O–H groups in total. The summed E-state index contributed by atoms with van der Waals surface area (Å²) in [6, 6.07) is 15.7. The van der Waals surface area contributed by atoms with Crippen LogP contribution in [0.4, 0.5) is 0 Å². The average Bonchev–Trinajstić information content (AvgIpc) is 2.77. The van der Waals surface area contributed by atoms with Crippen LogP contribution < -0.4 is 20.1 Å². The number of rotatable bonds is 10. The van der Waals surface area contributed by atoms with Crippen molar-refractivity contribution in [2.24, 2.45) is 4.99 Å². The SMILES string of the molecule is CCNC(=NCC(C)(C)c1ccc(OC)c(OC)c1)NCCC(O)c1ccccc1.I. The summed E-state index contributed by atoms with van der Waals surface area (Å²) in [7, 11) is 3.28. The fourth-order valence-electron chi connectivity index (χ4n) is 3.14. The quantitative estimate of drug-likeness (QED) is 0.238. The molecule has 31 heavy (non-hydrogen) atoms. The van der Waals surface area contributed by atoms with Crippen molar-refractivity contribution in [1.82, 2.24) is 10.6 Å². The Hall–Kier alpha value is -2.00. The van der Waals surface area contributed by atoms with Gasteiger partial charge >= 0.3 is 0 Å². The Labute approximate surface area is 203 Å². The largest absolute Gasteiger partial charge is 0.493 e. The van der Waals surface area contributed by atoms with E-state index in [-0.39, 0.29) is 29.4 Å². The molecule has 0 aromatic heterocycles. The molecule has 0 saturated carbocycles. The number of hydrogen-bond acceptors (Lipinski definition) is 4. The first-order valence-electron chi connectivity index (χ1n) is 10.4. The minimum atomic E-state index is -0.496. The molecule has 1 atom stereocenters. The number of aliphatic imine (C=N–C) groups is 1. The summed E-state index contributed by atoms with van der Waals surface area (Å²) in [4.78, 5) is 4.77. The topological polar surface area (TPSA) is 75.1 Å². The molecule has 2 aromatic rings. The van der Waals surface area contributed by atoms with E-state index in [9.17, 15) is 5.11 Å². The molecular formula is C24H36IN3O3. The zero-order valence-electron chi connectivity index (χ0n) is 19.1. The fourth-order valence-corrected chi connectivity index (χ4v) is 3.14. The van der Waals surface area contributed by atoms with Crippen molar-refractivity contribution in [3.63, 3.8) is 0 Å². The number of benzene rings is 2. The predicted octanol–water partition coefficient (Wildman–Crippen LogP) is 4.28. The van der Waals surface area contributed by atoms with Gasteiger partial charge in [0, 0.05) is 18.5 Å². The lowest BCUT2D eigenvalue weighted by Gasteiger charge is -2.25. The minimum Gasteiger partial charge on any atom is -0.493 e. The van der Waals surface area contributed by atoms with Gasteiger partial charge in [0.15, 0.2) is 17.5 Å². The van der Waals surface area contributed by atoms with Crippen LogP contribution in [0.1, 0.15) is 44.4 Å². The van der Waals surface area contributed by atoms with Crippen LogP contribution in [0.25, 0.3) is 0 Å². The molecule has 172 valence electrons. The first-order valence-corrected chi connectivity index (χ1v) is 10.4. The van der Waals surface area contributed by atoms with Gasteiger partial charge in [0.05, 0.1) is 26.9 Å². The smallest absolute Gasteiger partial charge is 0.191 e. The molecule has 0 bridgehead atoms. The molecule has 1 unspecified atom stereocenters. The second-order valence-corrected chi connectivity index (χ2v) is 7.79. The molecule has 0 fully saturated rings. The van der Waals surface area contributed by atoms with Gasteiger partial charge in [-0.25, -0.2) is 0 Å². The van der Waals surface area contributed by atoms with Crippen molar-refractivity contribution < 1.29 is 14.6 Å². The predicted molar refractivity (Wildman–Crippen MR) is 138 cm³/mol. The molecule has 0 aliphatic rings. The number of methoxy groups -OCH3 is 2. The lowest BCUT2D eigenvalue weighted by atomic mass is 9.84. The van der Waals surface area contributed by atoms with E-state index >= 15 is 0 Å². The maximum absolute atomic E-state index is 10.3. The van der Waals surface area contributed by atoms with E-state index in [4.69, 9.17) is 14.5 Å². The van der Waals surface area contributed by atoms with Gasteiger partial charge in [0.2, 0.25) is 0 Å². The first kappa shape index (κ1) is 27.0. The highest BCUT2D eigenvalue weighted by molar-refractivity contribution is 14.0. The Morgan fingerprint density at radius 1 is 1.03 bits per heavy atom. The van der Waals surface area contributed by atoms with Gasteiger partial charge in [-0.2, -0.15) is 0 Å². The van der Waals surface area contributed by atoms with Crippen LogP contribution in [0, 0.1) is 0 Å². The molecular weight excluding hydrogens is 505 g/mol. The van der Waals surface area contributed by atoms with Gasteiger partial charge in [-0.05, 0) is 36.6 Å². The van der Waals surface area contributed by atoms with Crippen molar-refractivity contribution in [3.8, 4) is 11.5 Å². The molecule has 0 amide bonds. The molecule has 2 aromatic carbocycles. The fraction of sp³-hybridized carbons (Fsp3) is 0.458. The van der Waals surface area contributed by atoms with Crippen LogP contribution in [-0.2, 0) is 5.41 Å². The zero-order chi connectivity index (χ0) is 22.0. The highest BCUT2D eigenvalue weighted by atomic mass is 127. The lowest BCUT2D eigenvalue weighted by Crippen LogP contribution is -2.39. The number of hydrogen-bond donors (Lipinski definition) is 3. The van der Waals surface area contributed by atoms with Gasteiger partial charge < -0.3 is 25.2 Å². The number of aliphatic hydroxyl groups excluding tert-OH is 1. The number of aliphatic hydroxyl groups is 1. The van der Waals surface area contributed by atoms with E-state index in [0.29, 0.717) is 31.0 Å². The molecule has 0 aliphatic heterocycles. The molecule has 0 aliphatic carbocycles. The van der Waals surface area contributed by atoms with Gasteiger partial charge in [-0.15, -0.1) is 24.0 Å². The summed E-state index contributed by atoms with van der Waals surface area (Å²) in [6.07, 6.45) is 0.109. The summed E-state index contributed by atoms with van der Waals surface area (Å²) in [5.41, 5.74) is 1.86. The van der Waals surface area contributed by atoms with Crippen LogP contribution in [0.5, 0.6) is 11.5 Å². The second kappa shape index (κ2) is 13.4. The zero-order valence-corrected chi connectivity index (χ0v) is 21.5. The Bertz CT molecular complexity index is 813. The molecule has 0 saturated heterocycles. The molecule has 2 rings (SSSR count). The van der Waals surface area contributed by atoms with Crippen molar-refractivity contribution >= 4 is 29.9 Å². The third-order valence-electron chi connectivity index (χ3n) is 5.04. The number of halogens is 1. The van der Waals surface area contributed by atoms with Gasteiger partial charge in [-0.3, -0.25) is 4.99 Å². The summed E-state index contributed by atoms with van der Waals surface area (Å²) in [5.74, 6) is 2.17. The van der Waals surface area contributed by atoms with E-state index < -0.39 is 6.10 Å². The summed E-state index contributed by atoms with van der Waals surface area (Å²) in [5, 5.41) is 16.9. The highest BCUT2D eigenvalue weighted by Crippen LogP contribution is 2.33. The van der Waals surface area contributed by atoms with Crippen LogP contribution in [0.3, 0.4) is 0 Å². The Kier molecular flexibility index (Phi) is 11.7. The highest BCUT2D eigenvalue weighted by Gasteiger charge is 2.22. The van der Waals surface area contributed by atoms with Crippen LogP contribution in [0.15, 0.2) is 53.5 Å². The number of nitrogens with zero attached hydrogens (tertiary/aromatic N) is 1. The Morgan fingerprint density at radius 3 is 2.32 bits per heavy atom. The van der Waals surface area contributed by atoms with Crippen molar-refractivity contribution in [2.45, 2.75) is 38.7 Å². The van der Waals surface area contributed by atoms with Crippen molar-refractivity contribution in [1.29, 1.82) is 0 Å². The van der Waals surface area contributed by atoms with E-state index in [1.807, 2.05) is 55.5 Å². The van der Waals surface area contributed by atoms with Crippen molar-refractivity contribution in [3.05, 3.63) is 59.7 Å². The van der Waals surface area contributed by atoms with Crippen molar-refractivity contribution in [2.75, 3.05) is 33.9 Å². The van der Waals surface area contributed by atoms with Crippen LogP contribution in [-0.4, -0.2) is 44.9 Å². The monoisotopic (exact) mass is 541 g/mol. The lowest BCUT2D eigenvalue weighted by molar-refractivity contribution is 0.168. The Balaban J connectivity index is 0.00000480. The third kappa shape index (κ3) is 8.22. The second-order valence-electron chi connectivity index (χ2n) is 7.79. The van der Waals surface area contributed by atoms with E-state index in [2.05, 4.69) is 24.5 Å². The summed E-state index contributed by atoms with van der Waals surface area (Å²) >= 11 is 0. The summed E-state index contributed by atoms with van der Waals surface area (Å²) in [6.45, 7) is 8.33. The molecule has 7 heteroatoms. The first-order chi connectivity index (χ1) is 14.4. The standard InChI is InChI=1S/C24H35N3O3.HI/c1-6-25-23(26-15-14-20(28)18-10-8-7-9-11-18)27-17-24(2,3)19-12-13-21(29-4)22(16-19)30-5;/h7-13,16,20,28H,6,14-15,17H2,1-5H3,(H2,25,26,27);1H. The van der Waals surface area contributed by atoms with E-state index in [1.54, 1.807) is 14.2 Å². The normalized spacial score (nSPS) is 12.5. The number of ether oxygens (including phenoxy) is 2. The maximum Gasteiger partial charge on any atom is 0.191 e. The summed E-state index contributed by atoms with van der Waals surface area (Å²) < 4.78 is 10.8. The van der Waals surface area contributed by atoms with Gasteiger partial charge in [-0.1, -0.05) is 50.2 Å². The molecule has 6 nitrogen and oxygen atoms in total. The maximum atomic E-state index is 10.3. The minimum absolute atomic E-state index is 0. The number of guanidine groups is 1. The average molecular weight is 541 g/mol. The molecule has 0 spiro atoms. The number of nitrogens with one attached hydrogen (secondary N) is 2.